The Hall–Kier alpha value is -2.31. The first-order chi connectivity index (χ1) is 13.3. The first-order valence-electron chi connectivity index (χ1n) is 9.72. The van der Waals surface area contributed by atoms with Gasteiger partial charge in [0.25, 0.3) is 0 Å². The number of aromatic nitrogens is 2. The molecule has 0 bridgehead atoms. The lowest BCUT2D eigenvalue weighted by atomic mass is 10.1. The molecule has 0 radical (unpaired) electrons. The molecular formula is C21H28F3N3O. The minimum atomic E-state index is -4.57. The Morgan fingerprint density at radius 2 is 1.79 bits per heavy atom. The van der Waals surface area contributed by atoms with E-state index in [1.165, 1.54) is 24.8 Å². The number of nitrogens with zero attached hydrogens (tertiary/aromatic N) is 2. The number of nitrogens with one attached hydrogen (secondary N) is 1. The predicted octanol–water partition coefficient (Wildman–Crippen LogP) is 6.40. The summed E-state index contributed by atoms with van der Waals surface area (Å²) in [6.45, 7) is 6.05. The average Bonchev–Trinajstić information content (AvgIpc) is 2.64. The van der Waals surface area contributed by atoms with E-state index in [2.05, 4.69) is 22.2 Å². The van der Waals surface area contributed by atoms with E-state index in [0.29, 0.717) is 5.69 Å². The van der Waals surface area contributed by atoms with E-state index >= 15 is 0 Å². The molecule has 154 valence electrons. The highest BCUT2D eigenvalue weighted by molar-refractivity contribution is 5.54. The molecule has 2 aromatic rings. The van der Waals surface area contributed by atoms with E-state index in [0.717, 1.165) is 19.0 Å². The van der Waals surface area contributed by atoms with Crippen LogP contribution < -0.4 is 10.1 Å². The molecule has 2 rings (SSSR count). The molecule has 1 aromatic carbocycles. The van der Waals surface area contributed by atoms with Gasteiger partial charge in [-0.05, 0) is 36.5 Å². The van der Waals surface area contributed by atoms with Gasteiger partial charge in [-0.15, -0.1) is 0 Å². The van der Waals surface area contributed by atoms with Crippen LogP contribution in [0.25, 0.3) is 0 Å². The zero-order valence-corrected chi connectivity index (χ0v) is 16.6. The molecule has 0 aliphatic carbocycles. The van der Waals surface area contributed by atoms with Gasteiger partial charge < -0.3 is 10.1 Å². The molecule has 0 fully saturated rings. The Kier molecular flexibility index (Phi) is 8.08. The highest BCUT2D eigenvalue weighted by Crippen LogP contribution is 2.35. The summed E-state index contributed by atoms with van der Waals surface area (Å²) in [7, 11) is 0. The van der Waals surface area contributed by atoms with Crippen molar-refractivity contribution in [2.24, 2.45) is 5.92 Å². The third-order valence-corrected chi connectivity index (χ3v) is 4.14. The molecule has 28 heavy (non-hydrogen) atoms. The first kappa shape index (κ1) is 22.0. The number of halogens is 3. The summed E-state index contributed by atoms with van der Waals surface area (Å²) < 4.78 is 44.7. The van der Waals surface area contributed by atoms with Crippen LogP contribution in [0.1, 0.15) is 57.6 Å². The van der Waals surface area contributed by atoms with Gasteiger partial charge in [-0.1, -0.05) is 52.2 Å². The number of anilines is 2. The summed E-state index contributed by atoms with van der Waals surface area (Å²) >= 11 is 0. The Morgan fingerprint density at radius 1 is 1.07 bits per heavy atom. The number of hydrogen-bond donors (Lipinski definition) is 1. The summed E-state index contributed by atoms with van der Waals surface area (Å²) in [5.74, 6) is -0.300. The summed E-state index contributed by atoms with van der Waals surface area (Å²) in [6, 6.07) is 7.78. The number of ether oxygens (including phenoxy) is 1. The predicted molar refractivity (Wildman–Crippen MR) is 105 cm³/mol. The third kappa shape index (κ3) is 7.02. The van der Waals surface area contributed by atoms with Crippen LogP contribution in [0, 0.1) is 5.92 Å². The van der Waals surface area contributed by atoms with E-state index in [4.69, 9.17) is 4.74 Å². The normalized spacial score (nSPS) is 11.7. The highest BCUT2D eigenvalue weighted by atomic mass is 19.4. The lowest BCUT2D eigenvalue weighted by Crippen LogP contribution is -2.14. The molecule has 1 heterocycles. The molecule has 7 heteroatoms. The number of unbranched alkanes of at least 4 members (excludes halogenated alkanes) is 3. The number of hydrogen-bond acceptors (Lipinski definition) is 4. The Balaban J connectivity index is 2.07. The van der Waals surface area contributed by atoms with Crippen LogP contribution in [-0.2, 0) is 12.6 Å². The molecule has 0 saturated carbocycles. The van der Waals surface area contributed by atoms with Crippen molar-refractivity contribution in [3.8, 4) is 5.88 Å². The van der Waals surface area contributed by atoms with E-state index in [1.807, 2.05) is 38.1 Å². The number of aryl methyl sites for hydroxylation is 1. The van der Waals surface area contributed by atoms with Crippen molar-refractivity contribution in [2.45, 2.75) is 59.1 Å². The summed E-state index contributed by atoms with van der Waals surface area (Å²) in [4.78, 5) is 7.73. The van der Waals surface area contributed by atoms with E-state index < -0.39 is 17.6 Å². The fourth-order valence-electron chi connectivity index (χ4n) is 2.62. The van der Waals surface area contributed by atoms with Crippen molar-refractivity contribution in [1.82, 2.24) is 9.97 Å². The van der Waals surface area contributed by atoms with Gasteiger partial charge in [-0.2, -0.15) is 18.2 Å². The lowest BCUT2D eigenvalue weighted by Gasteiger charge is -2.15. The molecule has 0 spiro atoms. The maximum atomic E-state index is 13.1. The second-order valence-corrected chi connectivity index (χ2v) is 7.25. The van der Waals surface area contributed by atoms with Gasteiger partial charge in [0.15, 0.2) is 0 Å². The molecule has 0 saturated heterocycles. The van der Waals surface area contributed by atoms with Gasteiger partial charge >= 0.3 is 6.18 Å². The quantitative estimate of drug-likeness (QED) is 0.473. The van der Waals surface area contributed by atoms with Crippen molar-refractivity contribution in [2.75, 3.05) is 11.9 Å². The maximum Gasteiger partial charge on any atom is 0.423 e. The van der Waals surface area contributed by atoms with Crippen molar-refractivity contribution >= 4 is 11.6 Å². The van der Waals surface area contributed by atoms with Gasteiger partial charge in [-0.25, -0.2) is 4.98 Å². The van der Waals surface area contributed by atoms with E-state index in [1.54, 1.807) is 0 Å². The van der Waals surface area contributed by atoms with Gasteiger partial charge in [0.2, 0.25) is 11.8 Å². The zero-order chi connectivity index (χ0) is 20.6. The third-order valence-electron chi connectivity index (χ3n) is 4.14. The summed E-state index contributed by atoms with van der Waals surface area (Å²) in [5.41, 5.74) is 0.976. The Bertz CT molecular complexity index is 731. The molecule has 0 amide bonds. The maximum absolute atomic E-state index is 13.1. The van der Waals surface area contributed by atoms with Crippen molar-refractivity contribution in [1.29, 1.82) is 0 Å². The fourth-order valence-corrected chi connectivity index (χ4v) is 2.62. The van der Waals surface area contributed by atoms with E-state index in [9.17, 15) is 13.2 Å². The number of rotatable bonds is 10. The molecule has 0 aliphatic rings. The average molecular weight is 395 g/mol. The number of alkyl halides is 3. The molecule has 0 atom stereocenters. The van der Waals surface area contributed by atoms with E-state index in [-0.39, 0.29) is 18.5 Å². The Labute approximate surface area is 164 Å². The fraction of sp³-hybridized carbons (Fsp3) is 0.524. The number of benzene rings is 1. The molecule has 0 unspecified atom stereocenters. The van der Waals surface area contributed by atoms with Crippen molar-refractivity contribution in [3.05, 3.63) is 41.6 Å². The largest absolute Gasteiger partial charge is 0.477 e. The van der Waals surface area contributed by atoms with Crippen LogP contribution in [-0.4, -0.2) is 16.6 Å². The standard InChI is InChI=1S/C21H28F3N3O/c1-4-5-6-7-8-16-9-11-17(12-10-16)26-20-25-13-18(21(22,23)24)19(27-20)28-14-15(2)3/h9-13,15H,4-8,14H2,1-3H3,(H,25,26,27). The molecule has 4 nitrogen and oxygen atoms in total. The summed E-state index contributed by atoms with van der Waals surface area (Å²) in [6.07, 6.45) is 2.03. The van der Waals surface area contributed by atoms with Crippen LogP contribution in [0.5, 0.6) is 5.88 Å². The zero-order valence-electron chi connectivity index (χ0n) is 16.6. The SMILES string of the molecule is CCCCCCc1ccc(Nc2ncc(C(F)(F)F)c(OCC(C)C)n2)cc1. The van der Waals surface area contributed by atoms with Crippen LogP contribution in [0.3, 0.4) is 0 Å². The minimum Gasteiger partial charge on any atom is -0.477 e. The van der Waals surface area contributed by atoms with Crippen LogP contribution in [0.15, 0.2) is 30.5 Å². The summed E-state index contributed by atoms with van der Waals surface area (Å²) in [5, 5.41) is 2.94. The van der Waals surface area contributed by atoms with Crippen LogP contribution in [0.2, 0.25) is 0 Å². The first-order valence-corrected chi connectivity index (χ1v) is 9.72. The Morgan fingerprint density at radius 3 is 2.39 bits per heavy atom. The van der Waals surface area contributed by atoms with Gasteiger partial charge in [0.05, 0.1) is 6.61 Å². The monoisotopic (exact) mass is 395 g/mol. The second-order valence-electron chi connectivity index (χ2n) is 7.25. The smallest absolute Gasteiger partial charge is 0.423 e. The van der Waals surface area contributed by atoms with Crippen LogP contribution >= 0.6 is 0 Å². The van der Waals surface area contributed by atoms with Crippen LogP contribution in [0.4, 0.5) is 24.8 Å². The van der Waals surface area contributed by atoms with Crippen molar-refractivity contribution < 1.29 is 17.9 Å². The molecule has 0 aliphatic heterocycles. The van der Waals surface area contributed by atoms with Gasteiger partial charge in [0, 0.05) is 11.9 Å². The second kappa shape index (κ2) is 10.3. The minimum absolute atomic E-state index is 0.0717. The van der Waals surface area contributed by atoms with Gasteiger partial charge in [0.1, 0.15) is 5.56 Å². The van der Waals surface area contributed by atoms with Gasteiger partial charge in [-0.3, -0.25) is 0 Å². The molecule has 1 aromatic heterocycles. The highest BCUT2D eigenvalue weighted by Gasteiger charge is 2.36. The molecule has 1 N–H and O–H groups in total. The topological polar surface area (TPSA) is 47.0 Å². The molecular weight excluding hydrogens is 367 g/mol. The van der Waals surface area contributed by atoms with Crippen molar-refractivity contribution in [3.63, 3.8) is 0 Å². The lowest BCUT2D eigenvalue weighted by molar-refractivity contribution is -0.139.